The highest BCUT2D eigenvalue weighted by Crippen LogP contribution is 2.25. The van der Waals surface area contributed by atoms with Gasteiger partial charge in [0.15, 0.2) is 0 Å². The Morgan fingerprint density at radius 1 is 1.33 bits per heavy atom. The molecule has 1 rings (SSSR count). The van der Waals surface area contributed by atoms with Crippen molar-refractivity contribution < 1.29 is 17.9 Å². The third-order valence-electron chi connectivity index (χ3n) is 1.97. The van der Waals surface area contributed by atoms with Gasteiger partial charge < -0.3 is 0 Å². The van der Waals surface area contributed by atoms with E-state index < -0.39 is 12.6 Å². The topological polar surface area (TPSA) is 12.5 Å². The minimum atomic E-state index is -4.50. The van der Waals surface area contributed by atoms with Crippen LogP contribution in [0.25, 0.3) is 0 Å². The smallest absolute Gasteiger partial charge is 0.281 e. The summed E-state index contributed by atoms with van der Waals surface area (Å²) in [4.78, 5) is 1.59. The fourth-order valence-corrected chi connectivity index (χ4v) is 1.35. The molecule has 0 aromatic heterocycles. The van der Waals surface area contributed by atoms with Gasteiger partial charge in [0.05, 0.1) is 0 Å². The van der Waals surface area contributed by atoms with Gasteiger partial charge in [0, 0.05) is 6.54 Å². The number of nitrogens with zero attached hydrogens (tertiary/aromatic N) is 1. The monoisotopic (exact) mass is 183 g/mol. The van der Waals surface area contributed by atoms with E-state index in [-0.39, 0.29) is 0 Å². The van der Waals surface area contributed by atoms with E-state index in [0.717, 1.165) is 12.8 Å². The second-order valence-corrected chi connectivity index (χ2v) is 2.99. The summed E-state index contributed by atoms with van der Waals surface area (Å²) in [5, 5.41) is 0. The SMILES string of the molecule is CN1CCCCC1OC(F)(F)F. The number of likely N-dealkylation sites (tertiary alicyclic amines) is 1. The Kier molecular flexibility index (Phi) is 2.95. The number of halogens is 3. The molecule has 1 fully saturated rings. The lowest BCUT2D eigenvalue weighted by Crippen LogP contribution is -2.41. The van der Waals surface area contributed by atoms with Crippen LogP contribution >= 0.6 is 0 Å². The van der Waals surface area contributed by atoms with Gasteiger partial charge in [-0.1, -0.05) is 0 Å². The molecule has 5 heteroatoms. The summed E-state index contributed by atoms with van der Waals surface area (Å²) in [7, 11) is 1.65. The molecule has 0 saturated carbocycles. The fourth-order valence-electron chi connectivity index (χ4n) is 1.35. The van der Waals surface area contributed by atoms with Gasteiger partial charge in [-0.05, 0) is 26.3 Å². The molecule has 0 aromatic rings. The van der Waals surface area contributed by atoms with Crippen molar-refractivity contribution in [3.63, 3.8) is 0 Å². The van der Waals surface area contributed by atoms with E-state index >= 15 is 0 Å². The predicted octanol–water partition coefficient (Wildman–Crippen LogP) is 1.96. The van der Waals surface area contributed by atoms with Crippen molar-refractivity contribution in [3.8, 4) is 0 Å². The number of ether oxygens (including phenoxy) is 1. The maximum absolute atomic E-state index is 11.8. The average Bonchev–Trinajstić information content (AvgIpc) is 1.91. The summed E-state index contributed by atoms with van der Waals surface area (Å²) in [6.07, 6.45) is -3.05. The van der Waals surface area contributed by atoms with Gasteiger partial charge in [-0.2, -0.15) is 0 Å². The molecule has 1 heterocycles. The molecule has 1 aliphatic heterocycles. The van der Waals surface area contributed by atoms with Crippen molar-refractivity contribution in [2.45, 2.75) is 31.9 Å². The van der Waals surface area contributed by atoms with Crippen LogP contribution in [0.3, 0.4) is 0 Å². The standard InChI is InChI=1S/C7H12F3NO/c1-11-5-3-2-4-6(11)12-7(8,9)10/h6H,2-5H2,1H3. The van der Waals surface area contributed by atoms with Crippen LogP contribution in [0.2, 0.25) is 0 Å². The summed E-state index contributed by atoms with van der Waals surface area (Å²) in [5.74, 6) is 0. The lowest BCUT2D eigenvalue weighted by Gasteiger charge is -2.32. The first-order chi connectivity index (χ1) is 5.49. The Morgan fingerprint density at radius 2 is 2.00 bits per heavy atom. The predicted molar refractivity (Wildman–Crippen MR) is 37.4 cm³/mol. The maximum Gasteiger partial charge on any atom is 0.524 e. The third-order valence-corrected chi connectivity index (χ3v) is 1.97. The molecule has 72 valence electrons. The Labute approximate surface area is 69.3 Å². The van der Waals surface area contributed by atoms with E-state index in [0.29, 0.717) is 13.0 Å². The summed E-state index contributed by atoms with van der Waals surface area (Å²) < 4.78 is 39.2. The molecular formula is C7H12F3NO. The minimum Gasteiger partial charge on any atom is -0.281 e. The van der Waals surface area contributed by atoms with Gasteiger partial charge in [-0.25, -0.2) is 0 Å². The van der Waals surface area contributed by atoms with Gasteiger partial charge in [-0.15, -0.1) is 13.2 Å². The first-order valence-corrected chi connectivity index (χ1v) is 3.94. The second kappa shape index (κ2) is 3.62. The molecular weight excluding hydrogens is 171 g/mol. The highest BCUT2D eigenvalue weighted by molar-refractivity contribution is 4.66. The molecule has 12 heavy (non-hydrogen) atoms. The second-order valence-electron chi connectivity index (χ2n) is 2.99. The lowest BCUT2D eigenvalue weighted by atomic mass is 10.1. The molecule has 0 aliphatic carbocycles. The molecule has 1 saturated heterocycles. The van der Waals surface area contributed by atoms with E-state index in [1.54, 1.807) is 11.9 Å². The van der Waals surface area contributed by atoms with E-state index in [1.807, 2.05) is 0 Å². The van der Waals surface area contributed by atoms with Gasteiger partial charge >= 0.3 is 6.36 Å². The van der Waals surface area contributed by atoms with Crippen molar-refractivity contribution in [2.75, 3.05) is 13.6 Å². The van der Waals surface area contributed by atoms with Crippen molar-refractivity contribution in [1.82, 2.24) is 4.90 Å². The Morgan fingerprint density at radius 3 is 2.50 bits per heavy atom. The van der Waals surface area contributed by atoms with E-state index in [2.05, 4.69) is 4.74 Å². The first-order valence-electron chi connectivity index (χ1n) is 3.94. The fraction of sp³-hybridized carbons (Fsp3) is 1.00. The molecule has 1 unspecified atom stereocenters. The van der Waals surface area contributed by atoms with Crippen LogP contribution in [-0.2, 0) is 4.74 Å². The molecule has 0 radical (unpaired) electrons. The molecule has 1 aliphatic rings. The van der Waals surface area contributed by atoms with Crippen LogP contribution < -0.4 is 0 Å². The van der Waals surface area contributed by atoms with Crippen molar-refractivity contribution in [3.05, 3.63) is 0 Å². The zero-order chi connectivity index (χ0) is 9.19. The molecule has 0 bridgehead atoms. The molecule has 2 nitrogen and oxygen atoms in total. The van der Waals surface area contributed by atoms with Gasteiger partial charge in [-0.3, -0.25) is 9.64 Å². The molecule has 0 N–H and O–H groups in total. The van der Waals surface area contributed by atoms with Crippen LogP contribution in [0.15, 0.2) is 0 Å². The Balaban J connectivity index is 2.39. The molecule has 0 aromatic carbocycles. The van der Waals surface area contributed by atoms with Crippen LogP contribution in [-0.4, -0.2) is 31.1 Å². The van der Waals surface area contributed by atoms with Gasteiger partial charge in [0.1, 0.15) is 6.23 Å². The zero-order valence-corrected chi connectivity index (χ0v) is 6.90. The molecule has 0 amide bonds. The van der Waals surface area contributed by atoms with Gasteiger partial charge in [0.2, 0.25) is 0 Å². The number of hydrogen-bond acceptors (Lipinski definition) is 2. The first kappa shape index (κ1) is 9.80. The highest BCUT2D eigenvalue weighted by atomic mass is 19.4. The number of piperidine rings is 1. The average molecular weight is 183 g/mol. The van der Waals surface area contributed by atoms with Crippen molar-refractivity contribution >= 4 is 0 Å². The van der Waals surface area contributed by atoms with E-state index in [9.17, 15) is 13.2 Å². The molecule has 0 spiro atoms. The third kappa shape index (κ3) is 2.98. The van der Waals surface area contributed by atoms with Crippen LogP contribution in [0.1, 0.15) is 19.3 Å². The highest BCUT2D eigenvalue weighted by Gasteiger charge is 2.35. The summed E-state index contributed by atoms with van der Waals surface area (Å²) in [6.45, 7) is 0.681. The Bertz CT molecular complexity index is 148. The lowest BCUT2D eigenvalue weighted by molar-refractivity contribution is -0.361. The largest absolute Gasteiger partial charge is 0.524 e. The minimum absolute atomic E-state index is 0.468. The van der Waals surface area contributed by atoms with Crippen LogP contribution in [0.5, 0.6) is 0 Å². The van der Waals surface area contributed by atoms with E-state index in [1.165, 1.54) is 0 Å². The zero-order valence-electron chi connectivity index (χ0n) is 6.90. The van der Waals surface area contributed by atoms with Crippen LogP contribution in [0.4, 0.5) is 13.2 Å². The number of alkyl halides is 3. The summed E-state index contributed by atoms with van der Waals surface area (Å²) >= 11 is 0. The Hall–Kier alpha value is -0.290. The quantitative estimate of drug-likeness (QED) is 0.616. The van der Waals surface area contributed by atoms with Crippen molar-refractivity contribution in [2.24, 2.45) is 0 Å². The van der Waals surface area contributed by atoms with E-state index in [4.69, 9.17) is 0 Å². The molecule has 1 atom stereocenters. The maximum atomic E-state index is 11.8. The summed E-state index contributed by atoms with van der Waals surface area (Å²) in [5.41, 5.74) is 0. The number of rotatable bonds is 1. The normalized spacial score (nSPS) is 27.5. The number of hydrogen-bond donors (Lipinski definition) is 0. The summed E-state index contributed by atoms with van der Waals surface area (Å²) in [6, 6.07) is 0. The van der Waals surface area contributed by atoms with Gasteiger partial charge in [0.25, 0.3) is 0 Å². The van der Waals surface area contributed by atoms with Crippen molar-refractivity contribution in [1.29, 1.82) is 0 Å². The van der Waals surface area contributed by atoms with Crippen LogP contribution in [0, 0.1) is 0 Å².